The molecule has 1 aliphatic rings. The van der Waals surface area contributed by atoms with Crippen LogP contribution in [0.4, 0.5) is 3.50 Å². The summed E-state index contributed by atoms with van der Waals surface area (Å²) in [6, 6.07) is 3.00. The van der Waals surface area contributed by atoms with Gasteiger partial charge < -0.3 is 16.0 Å². The zero-order valence-electron chi connectivity index (χ0n) is 21.3. The molecule has 1 rings (SSSR count). The Hall–Kier alpha value is 0.716. The average molecular weight is 550 g/mol. The third-order valence-electron chi connectivity index (χ3n) is 2.37. The van der Waals surface area contributed by atoms with Crippen molar-refractivity contribution in [2.45, 2.75) is 126 Å². The molecule has 1 aliphatic carbocycles. The van der Waals surface area contributed by atoms with Gasteiger partial charge in [-0.25, -0.2) is 12.2 Å². The average Bonchev–Trinajstić information content (AvgIpc) is 3.05. The molecule has 6 heteroatoms. The third kappa shape index (κ3) is 65.3. The Bertz CT molecular complexity index is 271. The van der Waals surface area contributed by atoms with Crippen molar-refractivity contribution in [2.24, 2.45) is 0 Å². The molecule has 0 saturated heterocycles. The van der Waals surface area contributed by atoms with E-state index in [0.717, 1.165) is 6.42 Å². The molecular weight excluding hydrogens is 501 g/mol. The Morgan fingerprint density at radius 3 is 0.897 bits per heavy atom. The molecule has 0 unspecified atom stereocenters. The fourth-order valence-corrected chi connectivity index (χ4v) is 2.13. The van der Waals surface area contributed by atoms with E-state index in [2.05, 4.69) is 111 Å². The van der Waals surface area contributed by atoms with Crippen molar-refractivity contribution in [1.29, 1.82) is 0 Å². The zero-order valence-corrected chi connectivity index (χ0v) is 26.8. The summed E-state index contributed by atoms with van der Waals surface area (Å²) in [5, 5.41) is 12.8. The van der Waals surface area contributed by atoms with Crippen LogP contribution in [-0.4, -0.2) is 53.2 Å². The molecule has 0 aromatic rings. The first-order valence-corrected chi connectivity index (χ1v) is 11.6. The minimum Gasteiger partial charge on any atom is 4.00 e. The fraction of sp³-hybridized carbons (Fsp3) is 0.826. The summed E-state index contributed by atoms with van der Waals surface area (Å²) in [4.78, 5) is 0. The van der Waals surface area contributed by atoms with Crippen LogP contribution in [0.25, 0.3) is 16.0 Å². The zero-order chi connectivity index (χ0) is 23.1. The van der Waals surface area contributed by atoms with Crippen molar-refractivity contribution in [1.82, 2.24) is 0 Å². The van der Waals surface area contributed by atoms with Crippen LogP contribution in [0, 0.1) is 6.08 Å². The van der Waals surface area contributed by atoms with Gasteiger partial charge in [-0.05, 0) is 0 Å². The number of allylic oxidation sites excluding steroid dienone is 4. The number of halogens is 1. The van der Waals surface area contributed by atoms with Gasteiger partial charge in [0.2, 0.25) is 0 Å². The Morgan fingerprint density at radius 1 is 0.621 bits per heavy atom. The molecule has 0 bridgehead atoms. The van der Waals surface area contributed by atoms with Crippen LogP contribution >= 0.6 is 0 Å². The van der Waals surface area contributed by atoms with Crippen LogP contribution in [0.1, 0.15) is 89.5 Å². The SMILES string of the molecule is CC(C)[N-]C(C)C.CC(C)[N-]C(C)C.CC(C)[N-]C(C)C.[C-]1=CC=CC1.[F][GeH2].[Zr+4]. The Balaban J connectivity index is -0.0000000851. The minimum atomic E-state index is -0.125. The molecule has 0 aromatic heterocycles. The van der Waals surface area contributed by atoms with Gasteiger partial charge in [-0.3, -0.25) is 6.08 Å². The molecule has 0 amide bonds. The largest absolute Gasteiger partial charge is 4.00 e. The van der Waals surface area contributed by atoms with E-state index in [0.29, 0.717) is 36.3 Å². The summed E-state index contributed by atoms with van der Waals surface area (Å²) in [5.74, 6) is 0. The maximum Gasteiger partial charge on any atom is 4.00 e. The molecule has 0 N–H and O–H groups in total. The summed E-state index contributed by atoms with van der Waals surface area (Å²) in [7, 11) is 0. The van der Waals surface area contributed by atoms with Gasteiger partial charge in [0.1, 0.15) is 0 Å². The third-order valence-corrected chi connectivity index (χ3v) is 2.37. The van der Waals surface area contributed by atoms with Gasteiger partial charge in [0.05, 0.1) is 0 Å². The van der Waals surface area contributed by atoms with Gasteiger partial charge in [-0.15, -0.1) is 42.7 Å². The van der Waals surface area contributed by atoms with Crippen LogP contribution in [0.3, 0.4) is 0 Å². The van der Waals surface area contributed by atoms with Crippen LogP contribution in [0.5, 0.6) is 0 Å². The van der Waals surface area contributed by atoms with Crippen molar-refractivity contribution in [3.05, 3.63) is 40.3 Å². The summed E-state index contributed by atoms with van der Waals surface area (Å²) in [6.45, 7) is 25.2. The predicted molar refractivity (Wildman–Crippen MR) is 132 cm³/mol. The van der Waals surface area contributed by atoms with E-state index in [1.165, 1.54) is 0 Å². The number of hydrogen-bond acceptors (Lipinski definition) is 0. The summed E-state index contributed by atoms with van der Waals surface area (Å²) in [5.41, 5.74) is 0. The molecule has 0 saturated carbocycles. The molecule has 0 spiro atoms. The predicted octanol–water partition coefficient (Wildman–Crippen LogP) is 7.34. The van der Waals surface area contributed by atoms with Crippen LogP contribution in [0.15, 0.2) is 18.2 Å². The topological polar surface area (TPSA) is 42.3 Å². The molecule has 171 valence electrons. The summed E-state index contributed by atoms with van der Waals surface area (Å²) < 4.78 is 9.62. The van der Waals surface area contributed by atoms with Crippen molar-refractivity contribution in [3.63, 3.8) is 0 Å². The Kier molecular flexibility index (Phi) is 42.7. The molecular formula is C23H49FGeN3Zr. The van der Waals surface area contributed by atoms with E-state index < -0.39 is 0 Å². The normalized spacial score (nSPS) is 11.3. The van der Waals surface area contributed by atoms with Crippen LogP contribution in [-0.2, 0) is 26.2 Å². The second kappa shape index (κ2) is 30.9. The molecule has 0 fully saturated rings. The standard InChI is InChI=1S/3C6H14N.C5H5.FGeH2.Zr/c3*1-5(2)7-6(3)4;1-2-4-5-3-1;1-2;/h3*5-6H,1-4H3;1-3H,4H2;2H2;/q4*-1;;+4. The van der Waals surface area contributed by atoms with Crippen molar-refractivity contribution >= 4 is 17.0 Å². The van der Waals surface area contributed by atoms with Gasteiger partial charge in [0, 0.05) is 0 Å². The summed E-state index contributed by atoms with van der Waals surface area (Å²) >= 11 is -0.125. The number of rotatable bonds is 6. The molecule has 1 radical (unpaired) electrons. The fourth-order valence-electron chi connectivity index (χ4n) is 2.13. The molecule has 29 heavy (non-hydrogen) atoms. The smallest absolute Gasteiger partial charge is 4.00 e. The molecule has 0 aromatic carbocycles. The van der Waals surface area contributed by atoms with Gasteiger partial charge >= 0.3 is 46.7 Å². The minimum absolute atomic E-state index is 0. The second-order valence-corrected chi connectivity index (χ2v) is 8.01. The quantitative estimate of drug-likeness (QED) is 0.245. The number of hydrogen-bond donors (Lipinski definition) is 0. The Morgan fingerprint density at radius 2 is 0.862 bits per heavy atom. The van der Waals surface area contributed by atoms with E-state index >= 15 is 0 Å². The first kappa shape index (κ1) is 40.1. The molecule has 0 aliphatic heterocycles. The Labute approximate surface area is 211 Å². The van der Waals surface area contributed by atoms with E-state index in [9.17, 15) is 3.50 Å². The van der Waals surface area contributed by atoms with Gasteiger partial charge in [-0.2, -0.15) is 6.08 Å². The van der Waals surface area contributed by atoms with E-state index in [-0.39, 0.29) is 43.2 Å². The summed E-state index contributed by atoms with van der Waals surface area (Å²) in [6.07, 6.45) is 10.0. The van der Waals surface area contributed by atoms with E-state index in [4.69, 9.17) is 0 Å². The molecule has 0 heterocycles. The van der Waals surface area contributed by atoms with Crippen molar-refractivity contribution < 1.29 is 29.7 Å². The maximum absolute atomic E-state index is 9.62. The second-order valence-electron chi connectivity index (χ2n) is 8.01. The number of nitrogens with zero attached hydrogens (tertiary/aromatic N) is 3. The van der Waals surface area contributed by atoms with Crippen molar-refractivity contribution in [3.8, 4) is 0 Å². The molecule has 0 atom stereocenters. The first-order chi connectivity index (χ1) is 12.9. The van der Waals surface area contributed by atoms with E-state index in [1.54, 1.807) is 0 Å². The first-order valence-electron chi connectivity index (χ1n) is 10.5. The van der Waals surface area contributed by atoms with Gasteiger partial charge in [0.15, 0.2) is 0 Å². The van der Waals surface area contributed by atoms with Crippen molar-refractivity contribution in [2.75, 3.05) is 0 Å². The molecule has 3 nitrogen and oxygen atoms in total. The van der Waals surface area contributed by atoms with Crippen LogP contribution in [0.2, 0.25) is 0 Å². The van der Waals surface area contributed by atoms with Gasteiger partial charge in [-0.1, -0.05) is 83.1 Å². The van der Waals surface area contributed by atoms with Gasteiger partial charge in [0.25, 0.3) is 0 Å². The van der Waals surface area contributed by atoms with E-state index in [1.807, 2.05) is 12.2 Å². The van der Waals surface area contributed by atoms with Crippen LogP contribution < -0.4 is 0 Å². The monoisotopic (exact) mass is 550 g/mol. The maximum atomic E-state index is 9.62.